The van der Waals surface area contributed by atoms with Gasteiger partial charge in [-0.3, -0.25) is 4.79 Å². The summed E-state index contributed by atoms with van der Waals surface area (Å²) >= 11 is 5.85. The number of rotatable bonds is 3. The van der Waals surface area contributed by atoms with E-state index in [2.05, 4.69) is 15.5 Å². The average Bonchev–Trinajstić information content (AvgIpc) is 2.99. The summed E-state index contributed by atoms with van der Waals surface area (Å²) in [7, 11) is 0. The summed E-state index contributed by atoms with van der Waals surface area (Å²) in [5, 5.41) is 6.28. The van der Waals surface area contributed by atoms with Crippen LogP contribution in [0.15, 0.2) is 41.7 Å². The van der Waals surface area contributed by atoms with Crippen molar-refractivity contribution >= 4 is 28.9 Å². The molecule has 5 nitrogen and oxygen atoms in total. The molecule has 0 saturated carbocycles. The molecule has 1 N–H and O–H groups in total. The van der Waals surface area contributed by atoms with E-state index in [1.807, 2.05) is 0 Å². The Bertz CT molecular complexity index is 778. The number of hydrogen-bond acceptors (Lipinski definition) is 4. The Balaban J connectivity index is 1.72. The number of amides is 1. The van der Waals surface area contributed by atoms with Gasteiger partial charge < -0.3 is 10.2 Å². The molecule has 1 atom stereocenters. The van der Waals surface area contributed by atoms with Crippen LogP contribution in [0.4, 0.5) is 14.5 Å². The first-order valence-electron chi connectivity index (χ1n) is 6.64. The fourth-order valence-electron chi connectivity index (χ4n) is 2.13. The van der Waals surface area contributed by atoms with E-state index in [0.717, 1.165) is 12.1 Å². The summed E-state index contributed by atoms with van der Waals surface area (Å²) in [5.74, 6) is -2.05. The molecule has 0 aliphatic carbocycles. The summed E-state index contributed by atoms with van der Waals surface area (Å²) in [5.41, 5.74) is 0.0635. The topological polar surface area (TPSA) is 63.6 Å². The summed E-state index contributed by atoms with van der Waals surface area (Å²) in [6, 6.07) is 6.65. The van der Waals surface area contributed by atoms with E-state index in [0.29, 0.717) is 5.69 Å². The second kappa shape index (κ2) is 6.29. The fraction of sp³-hybridized carbons (Fsp3) is 0.133. The lowest BCUT2D eigenvalue weighted by Crippen LogP contribution is -2.28. The van der Waals surface area contributed by atoms with Crippen molar-refractivity contribution in [1.29, 1.82) is 0 Å². The number of benzene rings is 1. The lowest BCUT2D eigenvalue weighted by Gasteiger charge is -2.10. The lowest BCUT2D eigenvalue weighted by molar-refractivity contribution is -0.125. The maximum Gasteiger partial charge on any atom is 0.268 e. The molecule has 2 aromatic rings. The number of pyridine rings is 1. The SMILES string of the molecule is O=C(Nc1cccnc1Cl)[C@H]1CC(c2c(F)cccc2F)=NO1. The molecule has 0 saturated heterocycles. The van der Waals surface area contributed by atoms with Crippen LogP contribution in [0.25, 0.3) is 0 Å². The highest BCUT2D eigenvalue weighted by Gasteiger charge is 2.31. The zero-order chi connectivity index (χ0) is 16.4. The van der Waals surface area contributed by atoms with Crippen LogP contribution in [-0.2, 0) is 9.63 Å². The van der Waals surface area contributed by atoms with Gasteiger partial charge in [0.25, 0.3) is 5.91 Å². The second-order valence-corrected chi connectivity index (χ2v) is 5.12. The quantitative estimate of drug-likeness (QED) is 0.875. The molecule has 0 unspecified atom stereocenters. The zero-order valence-electron chi connectivity index (χ0n) is 11.6. The highest BCUT2D eigenvalue weighted by Crippen LogP contribution is 2.23. The number of halogens is 3. The molecule has 0 spiro atoms. The summed E-state index contributed by atoms with van der Waals surface area (Å²) in [6.45, 7) is 0. The third-order valence-corrected chi connectivity index (χ3v) is 3.53. The van der Waals surface area contributed by atoms with Gasteiger partial charge in [-0.1, -0.05) is 22.8 Å². The molecule has 0 fully saturated rings. The largest absolute Gasteiger partial charge is 0.382 e. The third kappa shape index (κ3) is 3.14. The number of anilines is 1. The van der Waals surface area contributed by atoms with Gasteiger partial charge in [0.2, 0.25) is 6.10 Å². The number of nitrogens with zero attached hydrogens (tertiary/aromatic N) is 2. The molecule has 1 aromatic carbocycles. The first kappa shape index (κ1) is 15.4. The highest BCUT2D eigenvalue weighted by molar-refractivity contribution is 6.32. The number of aromatic nitrogens is 1. The summed E-state index contributed by atoms with van der Waals surface area (Å²) in [4.78, 5) is 20.9. The van der Waals surface area contributed by atoms with E-state index < -0.39 is 23.6 Å². The molecule has 3 rings (SSSR count). The molecule has 8 heteroatoms. The van der Waals surface area contributed by atoms with Gasteiger partial charge in [-0.15, -0.1) is 0 Å². The van der Waals surface area contributed by atoms with Crippen molar-refractivity contribution in [3.63, 3.8) is 0 Å². The summed E-state index contributed by atoms with van der Waals surface area (Å²) < 4.78 is 27.5. The average molecular weight is 338 g/mol. The van der Waals surface area contributed by atoms with Gasteiger partial charge in [0.15, 0.2) is 5.15 Å². The maximum atomic E-state index is 13.7. The molecular weight excluding hydrogens is 328 g/mol. The number of carbonyl (C=O) groups is 1. The van der Waals surface area contributed by atoms with Gasteiger partial charge in [-0.25, -0.2) is 13.8 Å². The van der Waals surface area contributed by atoms with Crippen molar-refractivity contribution in [3.05, 3.63) is 58.9 Å². The van der Waals surface area contributed by atoms with Crippen molar-refractivity contribution in [3.8, 4) is 0 Å². The van der Waals surface area contributed by atoms with Crippen molar-refractivity contribution in [1.82, 2.24) is 4.98 Å². The molecule has 1 aliphatic rings. The van der Waals surface area contributed by atoms with Crippen LogP contribution in [0.1, 0.15) is 12.0 Å². The molecule has 1 aliphatic heterocycles. The molecule has 118 valence electrons. The molecule has 1 aromatic heterocycles. The molecule has 1 amide bonds. The van der Waals surface area contributed by atoms with Gasteiger partial charge >= 0.3 is 0 Å². The van der Waals surface area contributed by atoms with Crippen LogP contribution in [0.5, 0.6) is 0 Å². The standard InChI is InChI=1S/C15H10ClF2N3O2/c16-14-10(5-2-6-19-14)20-15(22)12-7-11(21-23-12)13-8(17)3-1-4-9(13)18/h1-6,12H,7H2,(H,20,22)/t12-/m1/s1. The Morgan fingerprint density at radius 1 is 1.26 bits per heavy atom. The third-order valence-electron chi connectivity index (χ3n) is 3.23. The van der Waals surface area contributed by atoms with Gasteiger partial charge in [0.1, 0.15) is 11.6 Å². The van der Waals surface area contributed by atoms with E-state index in [9.17, 15) is 13.6 Å². The van der Waals surface area contributed by atoms with Crippen LogP contribution in [0.3, 0.4) is 0 Å². The minimum Gasteiger partial charge on any atom is -0.382 e. The Labute approximate surface area is 134 Å². The van der Waals surface area contributed by atoms with Gasteiger partial charge in [0, 0.05) is 12.6 Å². The van der Waals surface area contributed by atoms with Gasteiger partial charge in [-0.05, 0) is 24.3 Å². The minimum absolute atomic E-state index is 0.0398. The van der Waals surface area contributed by atoms with E-state index in [1.54, 1.807) is 12.1 Å². The molecule has 23 heavy (non-hydrogen) atoms. The van der Waals surface area contributed by atoms with E-state index in [4.69, 9.17) is 16.4 Å². The Morgan fingerprint density at radius 2 is 2.00 bits per heavy atom. The van der Waals surface area contributed by atoms with E-state index in [-0.39, 0.29) is 22.8 Å². The first-order valence-corrected chi connectivity index (χ1v) is 7.02. The zero-order valence-corrected chi connectivity index (χ0v) is 12.3. The number of hydrogen-bond donors (Lipinski definition) is 1. The normalized spacial score (nSPS) is 16.7. The minimum atomic E-state index is -1.000. The van der Waals surface area contributed by atoms with Crippen molar-refractivity contribution in [2.24, 2.45) is 5.16 Å². The molecular formula is C15H10ClF2N3O2. The smallest absolute Gasteiger partial charge is 0.268 e. The van der Waals surface area contributed by atoms with E-state index in [1.165, 1.54) is 12.3 Å². The van der Waals surface area contributed by atoms with Crippen molar-refractivity contribution in [2.75, 3.05) is 5.32 Å². The van der Waals surface area contributed by atoms with Gasteiger partial charge in [0.05, 0.1) is 17.0 Å². The predicted molar refractivity (Wildman–Crippen MR) is 80.3 cm³/mol. The highest BCUT2D eigenvalue weighted by atomic mass is 35.5. The van der Waals surface area contributed by atoms with E-state index >= 15 is 0 Å². The number of carbonyl (C=O) groups excluding carboxylic acids is 1. The Hall–Kier alpha value is -2.54. The van der Waals surface area contributed by atoms with Crippen LogP contribution >= 0.6 is 11.6 Å². The summed E-state index contributed by atoms with van der Waals surface area (Å²) in [6.07, 6.45) is 0.425. The molecule has 0 bridgehead atoms. The second-order valence-electron chi connectivity index (χ2n) is 4.76. The van der Waals surface area contributed by atoms with Crippen LogP contribution in [0, 0.1) is 11.6 Å². The van der Waals surface area contributed by atoms with Crippen molar-refractivity contribution < 1.29 is 18.4 Å². The maximum absolute atomic E-state index is 13.7. The molecule has 2 heterocycles. The van der Waals surface area contributed by atoms with Crippen LogP contribution < -0.4 is 5.32 Å². The van der Waals surface area contributed by atoms with Gasteiger partial charge in [-0.2, -0.15) is 0 Å². The first-order chi connectivity index (χ1) is 11.1. The Morgan fingerprint density at radius 3 is 2.70 bits per heavy atom. The monoisotopic (exact) mass is 337 g/mol. The lowest BCUT2D eigenvalue weighted by atomic mass is 10.0. The Kier molecular flexibility index (Phi) is 4.20. The predicted octanol–water partition coefficient (Wildman–Crippen LogP) is 3.14. The number of oxime groups is 1. The number of nitrogens with one attached hydrogen (secondary N) is 1. The van der Waals surface area contributed by atoms with Crippen LogP contribution in [-0.4, -0.2) is 22.7 Å². The molecule has 0 radical (unpaired) electrons. The van der Waals surface area contributed by atoms with Crippen LogP contribution in [0.2, 0.25) is 5.15 Å². The fourth-order valence-corrected chi connectivity index (χ4v) is 2.30. The van der Waals surface area contributed by atoms with Crippen molar-refractivity contribution in [2.45, 2.75) is 12.5 Å².